The Hall–Kier alpha value is -1.83. The molecular weight excluding hydrogens is 251 g/mol. The first kappa shape index (κ1) is 12.6. The van der Waals surface area contributed by atoms with Crippen LogP contribution in [0.1, 0.15) is 5.56 Å². The molecule has 8 heteroatoms. The first-order chi connectivity index (χ1) is 8.29. The third kappa shape index (κ3) is 2.23. The third-order valence-electron chi connectivity index (χ3n) is 2.75. The Labute approximate surface area is 100 Å². The molecule has 2 rings (SSSR count). The van der Waals surface area contributed by atoms with Gasteiger partial charge in [0.05, 0.1) is 10.5 Å². The average Bonchev–Trinajstić information content (AvgIpc) is 2.22. The van der Waals surface area contributed by atoms with Crippen LogP contribution in [0.25, 0.3) is 0 Å². The summed E-state index contributed by atoms with van der Waals surface area (Å²) in [7, 11) is 0. The molecule has 1 aliphatic heterocycles. The van der Waals surface area contributed by atoms with E-state index >= 15 is 0 Å². The molecule has 0 spiro atoms. The molecule has 0 radical (unpaired) electrons. The lowest BCUT2D eigenvalue weighted by Crippen LogP contribution is -2.56. The first-order valence-corrected chi connectivity index (χ1v) is 5.15. The molecule has 1 saturated heterocycles. The molecule has 1 fully saturated rings. The summed E-state index contributed by atoms with van der Waals surface area (Å²) in [5.74, 6) is 0. The molecule has 0 amide bonds. The minimum atomic E-state index is -4.62. The van der Waals surface area contributed by atoms with Gasteiger partial charge in [-0.1, -0.05) is 0 Å². The summed E-state index contributed by atoms with van der Waals surface area (Å²) in [6.07, 6.45) is -4.62. The number of alkyl halides is 3. The van der Waals surface area contributed by atoms with Crippen molar-refractivity contribution in [2.75, 3.05) is 18.0 Å². The highest BCUT2D eigenvalue weighted by Gasteiger charge is 2.38. The standard InChI is InChI=1S/C10H10F3N3O2/c11-10(12,13)8-3-7(16(17)18)1-2-9(8)15-4-6(14)5-15/h1-3,6H,4-5,14H2. The molecule has 2 N–H and O–H groups in total. The summed E-state index contributed by atoms with van der Waals surface area (Å²) in [5, 5.41) is 10.5. The van der Waals surface area contributed by atoms with E-state index in [1.165, 1.54) is 4.90 Å². The number of hydrogen-bond donors (Lipinski definition) is 1. The van der Waals surface area contributed by atoms with Crippen molar-refractivity contribution in [2.45, 2.75) is 12.2 Å². The quantitative estimate of drug-likeness (QED) is 0.650. The minimum absolute atomic E-state index is 0.0604. The van der Waals surface area contributed by atoms with E-state index in [1.807, 2.05) is 0 Å². The molecule has 18 heavy (non-hydrogen) atoms. The molecular formula is C10H10F3N3O2. The van der Waals surface area contributed by atoms with Crippen LogP contribution in [0.3, 0.4) is 0 Å². The van der Waals surface area contributed by atoms with Crippen LogP contribution >= 0.6 is 0 Å². The van der Waals surface area contributed by atoms with Gasteiger partial charge in [-0.15, -0.1) is 0 Å². The smallest absolute Gasteiger partial charge is 0.368 e. The van der Waals surface area contributed by atoms with Crippen molar-refractivity contribution in [3.05, 3.63) is 33.9 Å². The maximum absolute atomic E-state index is 12.8. The molecule has 1 aromatic carbocycles. The molecule has 1 heterocycles. The third-order valence-corrected chi connectivity index (χ3v) is 2.75. The molecule has 0 aliphatic carbocycles. The zero-order chi connectivity index (χ0) is 13.5. The molecule has 5 nitrogen and oxygen atoms in total. The zero-order valence-electron chi connectivity index (χ0n) is 9.15. The van der Waals surface area contributed by atoms with Gasteiger partial charge in [-0.05, 0) is 6.07 Å². The van der Waals surface area contributed by atoms with Gasteiger partial charge < -0.3 is 10.6 Å². The lowest BCUT2D eigenvalue weighted by molar-refractivity contribution is -0.385. The van der Waals surface area contributed by atoms with Gasteiger partial charge >= 0.3 is 6.18 Å². The van der Waals surface area contributed by atoms with E-state index in [4.69, 9.17) is 5.73 Å². The van der Waals surface area contributed by atoms with Gasteiger partial charge in [0.15, 0.2) is 0 Å². The molecule has 98 valence electrons. The van der Waals surface area contributed by atoms with Crippen molar-refractivity contribution in [2.24, 2.45) is 5.73 Å². The van der Waals surface area contributed by atoms with Crippen LogP contribution in [-0.4, -0.2) is 24.1 Å². The highest BCUT2D eigenvalue weighted by molar-refractivity contribution is 5.60. The molecule has 0 saturated carbocycles. The van der Waals surface area contributed by atoms with Crippen molar-refractivity contribution < 1.29 is 18.1 Å². The number of anilines is 1. The van der Waals surface area contributed by atoms with Gasteiger partial charge in [0.1, 0.15) is 0 Å². The number of nitro benzene ring substituents is 1. The fourth-order valence-corrected chi connectivity index (χ4v) is 1.85. The summed E-state index contributed by atoms with van der Waals surface area (Å²) in [6, 6.07) is 2.58. The summed E-state index contributed by atoms with van der Waals surface area (Å²) >= 11 is 0. The minimum Gasteiger partial charge on any atom is -0.368 e. The highest BCUT2D eigenvalue weighted by Crippen LogP contribution is 2.39. The van der Waals surface area contributed by atoms with E-state index in [1.54, 1.807) is 0 Å². The molecule has 1 aliphatic rings. The fraction of sp³-hybridized carbons (Fsp3) is 0.400. The van der Waals surface area contributed by atoms with E-state index in [0.29, 0.717) is 19.2 Å². The topological polar surface area (TPSA) is 72.4 Å². The second kappa shape index (κ2) is 4.13. The molecule has 1 aromatic rings. The number of halogens is 3. The average molecular weight is 261 g/mol. The number of rotatable bonds is 2. The van der Waals surface area contributed by atoms with Crippen molar-refractivity contribution in [3.63, 3.8) is 0 Å². The number of nitro groups is 1. The van der Waals surface area contributed by atoms with Gasteiger partial charge in [-0.25, -0.2) is 0 Å². The van der Waals surface area contributed by atoms with Crippen LogP contribution < -0.4 is 10.6 Å². The SMILES string of the molecule is NC1CN(c2ccc([N+](=O)[O-])cc2C(F)(F)F)C1. The van der Waals surface area contributed by atoms with Gasteiger partial charge in [-0.2, -0.15) is 13.2 Å². The number of benzene rings is 1. The molecule has 0 atom stereocenters. The summed E-state index contributed by atoms with van der Waals surface area (Å²) in [4.78, 5) is 11.1. The van der Waals surface area contributed by atoms with Crippen molar-refractivity contribution in [1.29, 1.82) is 0 Å². The van der Waals surface area contributed by atoms with E-state index in [-0.39, 0.29) is 11.7 Å². The van der Waals surface area contributed by atoms with Crippen LogP contribution in [0.2, 0.25) is 0 Å². The lowest BCUT2D eigenvalue weighted by atomic mass is 10.0. The fourth-order valence-electron chi connectivity index (χ4n) is 1.85. The number of hydrogen-bond acceptors (Lipinski definition) is 4. The van der Waals surface area contributed by atoms with Gasteiger partial charge in [0.25, 0.3) is 5.69 Å². The Kier molecular flexibility index (Phi) is 2.89. The molecule has 0 bridgehead atoms. The van der Waals surface area contributed by atoms with Gasteiger partial charge in [0.2, 0.25) is 0 Å². The zero-order valence-corrected chi connectivity index (χ0v) is 9.15. The van der Waals surface area contributed by atoms with Crippen LogP contribution in [-0.2, 0) is 6.18 Å². The van der Waals surface area contributed by atoms with Crippen molar-refractivity contribution in [1.82, 2.24) is 0 Å². The van der Waals surface area contributed by atoms with E-state index < -0.39 is 22.4 Å². The van der Waals surface area contributed by atoms with Crippen molar-refractivity contribution in [3.8, 4) is 0 Å². The molecule has 0 aromatic heterocycles. The van der Waals surface area contributed by atoms with E-state index in [2.05, 4.69) is 0 Å². The van der Waals surface area contributed by atoms with Crippen LogP contribution in [0.4, 0.5) is 24.5 Å². The maximum Gasteiger partial charge on any atom is 0.418 e. The van der Waals surface area contributed by atoms with Crippen LogP contribution in [0, 0.1) is 10.1 Å². The number of non-ortho nitro benzene ring substituents is 1. The first-order valence-electron chi connectivity index (χ1n) is 5.15. The highest BCUT2D eigenvalue weighted by atomic mass is 19.4. The van der Waals surface area contributed by atoms with E-state index in [9.17, 15) is 23.3 Å². The summed E-state index contributed by atoms with van der Waals surface area (Å²) < 4.78 is 38.5. The van der Waals surface area contributed by atoms with Crippen molar-refractivity contribution >= 4 is 11.4 Å². The van der Waals surface area contributed by atoms with Gasteiger partial charge in [-0.3, -0.25) is 10.1 Å². The Morgan fingerprint density at radius 3 is 2.44 bits per heavy atom. The van der Waals surface area contributed by atoms with Gasteiger partial charge in [0, 0.05) is 37.0 Å². The second-order valence-electron chi connectivity index (χ2n) is 4.12. The van der Waals surface area contributed by atoms with Crippen LogP contribution in [0.5, 0.6) is 0 Å². The normalized spacial score (nSPS) is 16.6. The predicted octanol–water partition coefficient (Wildman–Crippen LogP) is 1.76. The summed E-state index contributed by atoms with van der Waals surface area (Å²) in [6.45, 7) is 0.641. The van der Waals surface area contributed by atoms with E-state index in [0.717, 1.165) is 12.1 Å². The lowest BCUT2D eigenvalue weighted by Gasteiger charge is -2.40. The van der Waals surface area contributed by atoms with Crippen LogP contribution in [0.15, 0.2) is 18.2 Å². The summed E-state index contributed by atoms with van der Waals surface area (Å²) in [5.41, 5.74) is 3.88. The Balaban J connectivity index is 2.43. The molecule has 0 unspecified atom stereocenters. The monoisotopic (exact) mass is 261 g/mol. The largest absolute Gasteiger partial charge is 0.418 e. The predicted molar refractivity (Wildman–Crippen MR) is 58.3 cm³/mol. The Bertz CT molecular complexity index is 484. The second-order valence-corrected chi connectivity index (χ2v) is 4.12. The number of nitrogens with two attached hydrogens (primary N) is 1. The maximum atomic E-state index is 12.8. The Morgan fingerprint density at radius 2 is 2.00 bits per heavy atom. The Morgan fingerprint density at radius 1 is 1.39 bits per heavy atom. The number of nitrogens with zero attached hydrogens (tertiary/aromatic N) is 2.